The van der Waals surface area contributed by atoms with Crippen LogP contribution in [0.1, 0.15) is 37.5 Å². The van der Waals surface area contributed by atoms with Crippen molar-refractivity contribution in [3.63, 3.8) is 0 Å². The lowest BCUT2D eigenvalue weighted by Crippen LogP contribution is -2.55. The lowest BCUT2D eigenvalue weighted by molar-refractivity contribution is -0.173. The molecule has 1 atom stereocenters. The number of nitrogens with zero attached hydrogens (tertiary/aromatic N) is 1. The second kappa shape index (κ2) is 8.02. The van der Waals surface area contributed by atoms with E-state index in [1.807, 2.05) is 24.3 Å². The van der Waals surface area contributed by atoms with Crippen molar-refractivity contribution in [2.75, 3.05) is 0 Å². The molecule has 0 aliphatic carbocycles. The fourth-order valence-electron chi connectivity index (χ4n) is 2.35. The van der Waals surface area contributed by atoms with Crippen molar-refractivity contribution in [2.45, 2.75) is 38.5 Å². The van der Waals surface area contributed by atoms with Crippen molar-refractivity contribution in [1.82, 2.24) is 0 Å². The molecule has 0 fully saturated rings. The largest absolute Gasteiger partial charge is 0.459 e. The molecule has 0 saturated carbocycles. The topological polar surface area (TPSA) is 102 Å². The first-order chi connectivity index (χ1) is 12.7. The Morgan fingerprint density at radius 1 is 1.04 bits per heavy atom. The molecule has 0 aliphatic heterocycles. The van der Waals surface area contributed by atoms with Crippen LogP contribution in [0.2, 0.25) is 0 Å². The van der Waals surface area contributed by atoms with Crippen LogP contribution >= 0.6 is 0 Å². The molecule has 0 radical (unpaired) electrons. The number of carbonyl (C=O) groups excluding carboxylic acids is 2. The van der Waals surface area contributed by atoms with Crippen LogP contribution in [0.3, 0.4) is 0 Å². The molecule has 2 rings (SSSR count). The molecule has 0 bridgehead atoms. The Morgan fingerprint density at radius 3 is 2.30 bits per heavy atom. The van der Waals surface area contributed by atoms with Crippen molar-refractivity contribution < 1.29 is 19.1 Å². The van der Waals surface area contributed by atoms with E-state index in [2.05, 4.69) is 0 Å². The summed E-state index contributed by atoms with van der Waals surface area (Å²) in [6.07, 6.45) is 0. The zero-order valence-corrected chi connectivity index (χ0v) is 15.6. The van der Waals surface area contributed by atoms with Gasteiger partial charge in [0.2, 0.25) is 5.54 Å². The summed E-state index contributed by atoms with van der Waals surface area (Å²) >= 11 is 0. The van der Waals surface area contributed by atoms with Crippen LogP contribution in [0.15, 0.2) is 54.6 Å². The predicted molar refractivity (Wildman–Crippen MR) is 99.1 cm³/mol. The molecule has 0 aromatic heterocycles. The maximum Gasteiger partial charge on any atom is 0.343 e. The maximum atomic E-state index is 12.8. The van der Waals surface area contributed by atoms with E-state index in [0.29, 0.717) is 0 Å². The summed E-state index contributed by atoms with van der Waals surface area (Å²) in [5.41, 5.74) is 4.36. The molecular formula is C21H22N2O4. The highest BCUT2D eigenvalue weighted by Crippen LogP contribution is 2.26. The Labute approximate surface area is 158 Å². The molecule has 27 heavy (non-hydrogen) atoms. The van der Waals surface area contributed by atoms with Gasteiger partial charge in [0.1, 0.15) is 12.2 Å². The molecule has 2 aromatic rings. The van der Waals surface area contributed by atoms with E-state index >= 15 is 0 Å². The summed E-state index contributed by atoms with van der Waals surface area (Å²) in [5, 5.41) is 9.12. The highest BCUT2D eigenvalue weighted by atomic mass is 16.6. The first-order valence-electron chi connectivity index (χ1n) is 8.41. The average Bonchev–Trinajstić information content (AvgIpc) is 2.64. The number of benzene rings is 2. The van der Waals surface area contributed by atoms with Crippen molar-refractivity contribution in [3.05, 3.63) is 71.3 Å². The number of nitriles is 1. The van der Waals surface area contributed by atoms with Gasteiger partial charge in [0.05, 0.1) is 11.6 Å². The van der Waals surface area contributed by atoms with Crippen molar-refractivity contribution in [2.24, 2.45) is 5.73 Å². The molecule has 1 unspecified atom stereocenters. The van der Waals surface area contributed by atoms with Gasteiger partial charge in [-0.05, 0) is 44.0 Å². The van der Waals surface area contributed by atoms with Gasteiger partial charge in [0.15, 0.2) is 0 Å². The fourth-order valence-corrected chi connectivity index (χ4v) is 2.35. The molecule has 6 nitrogen and oxygen atoms in total. The summed E-state index contributed by atoms with van der Waals surface area (Å²) in [6.45, 7) is 4.98. The lowest BCUT2D eigenvalue weighted by atomic mass is 9.89. The Morgan fingerprint density at radius 2 is 1.70 bits per heavy atom. The van der Waals surface area contributed by atoms with Crippen LogP contribution in [-0.4, -0.2) is 17.5 Å². The number of rotatable bonds is 5. The third-order valence-corrected chi connectivity index (χ3v) is 3.70. The number of hydrogen-bond acceptors (Lipinski definition) is 6. The zero-order valence-electron chi connectivity index (χ0n) is 15.6. The summed E-state index contributed by atoms with van der Waals surface area (Å²) in [7, 11) is 0. The highest BCUT2D eigenvalue weighted by molar-refractivity contribution is 6.05. The summed E-state index contributed by atoms with van der Waals surface area (Å²) in [4.78, 5) is 25.6. The minimum atomic E-state index is -2.19. The van der Waals surface area contributed by atoms with Gasteiger partial charge < -0.3 is 15.2 Å². The minimum Gasteiger partial charge on any atom is -0.459 e. The van der Waals surface area contributed by atoms with E-state index in [4.69, 9.17) is 20.5 Å². The van der Waals surface area contributed by atoms with E-state index in [1.54, 1.807) is 45.0 Å². The second-order valence-electron chi connectivity index (χ2n) is 7.06. The zero-order chi connectivity index (χ0) is 20.1. The summed E-state index contributed by atoms with van der Waals surface area (Å²) in [5.74, 6) is -1.89. The summed E-state index contributed by atoms with van der Waals surface area (Å²) < 4.78 is 10.7. The van der Waals surface area contributed by atoms with Gasteiger partial charge in [-0.15, -0.1) is 0 Å². The number of nitrogens with two attached hydrogens (primary N) is 1. The van der Waals surface area contributed by atoms with Crippen molar-refractivity contribution >= 4 is 11.9 Å². The van der Waals surface area contributed by atoms with Crippen LogP contribution in [0, 0.1) is 11.3 Å². The molecule has 0 amide bonds. The minimum absolute atomic E-state index is 0.0423. The van der Waals surface area contributed by atoms with E-state index in [0.717, 1.165) is 5.56 Å². The van der Waals surface area contributed by atoms with Gasteiger partial charge in [-0.3, -0.25) is 0 Å². The van der Waals surface area contributed by atoms with E-state index in [9.17, 15) is 9.59 Å². The normalized spacial score (nSPS) is 13.1. The van der Waals surface area contributed by atoms with Gasteiger partial charge in [-0.1, -0.05) is 42.5 Å². The molecule has 2 aromatic carbocycles. The molecule has 2 N–H and O–H groups in total. The third kappa shape index (κ3) is 4.93. The Kier molecular flexibility index (Phi) is 5.98. The van der Waals surface area contributed by atoms with Crippen LogP contribution in [0.4, 0.5) is 0 Å². The highest BCUT2D eigenvalue weighted by Gasteiger charge is 2.48. The van der Waals surface area contributed by atoms with Gasteiger partial charge >= 0.3 is 11.9 Å². The van der Waals surface area contributed by atoms with Crippen LogP contribution in [0.25, 0.3) is 0 Å². The fraction of sp³-hybridized carbons (Fsp3) is 0.286. The van der Waals surface area contributed by atoms with Gasteiger partial charge in [-0.25, -0.2) is 9.59 Å². The van der Waals surface area contributed by atoms with Crippen LogP contribution in [0.5, 0.6) is 0 Å². The Bertz CT molecular complexity index is 866. The molecular weight excluding hydrogens is 344 g/mol. The molecule has 140 valence electrons. The first kappa shape index (κ1) is 20.1. The number of esters is 2. The quantitative estimate of drug-likeness (QED) is 0.645. The number of carbonyl (C=O) groups is 2. The number of ether oxygens (including phenoxy) is 2. The third-order valence-electron chi connectivity index (χ3n) is 3.70. The van der Waals surface area contributed by atoms with Crippen LogP contribution < -0.4 is 5.73 Å². The van der Waals surface area contributed by atoms with E-state index < -0.39 is 23.1 Å². The summed E-state index contributed by atoms with van der Waals surface area (Å²) in [6, 6.07) is 17.0. The van der Waals surface area contributed by atoms with Crippen molar-refractivity contribution in [3.8, 4) is 6.07 Å². The molecule has 0 spiro atoms. The van der Waals surface area contributed by atoms with Gasteiger partial charge in [-0.2, -0.15) is 5.26 Å². The second-order valence-corrected chi connectivity index (χ2v) is 7.06. The van der Waals surface area contributed by atoms with E-state index in [-0.39, 0.29) is 17.7 Å². The van der Waals surface area contributed by atoms with Gasteiger partial charge in [0, 0.05) is 0 Å². The van der Waals surface area contributed by atoms with E-state index in [1.165, 1.54) is 12.1 Å². The predicted octanol–water partition coefficient (Wildman–Crippen LogP) is 2.80. The SMILES string of the molecule is CC(C)(C)OC(=O)C(N)(C(=O)OCc1ccccc1)c1cccc(C#N)c1. The van der Waals surface area contributed by atoms with Crippen molar-refractivity contribution in [1.29, 1.82) is 5.26 Å². The Balaban J connectivity index is 2.37. The lowest BCUT2D eigenvalue weighted by Gasteiger charge is -2.30. The molecule has 6 heteroatoms. The molecule has 0 saturated heterocycles. The average molecular weight is 366 g/mol. The molecule has 0 aliphatic rings. The number of hydrogen-bond donors (Lipinski definition) is 1. The standard InChI is InChI=1S/C21H22N2O4/c1-20(2,3)27-19(25)21(23,17-11-7-10-16(12-17)13-22)18(24)26-14-15-8-5-4-6-9-15/h4-12H,14,23H2,1-3H3. The van der Waals surface area contributed by atoms with Gasteiger partial charge in [0.25, 0.3) is 0 Å². The smallest absolute Gasteiger partial charge is 0.343 e. The first-order valence-corrected chi connectivity index (χ1v) is 8.41. The Hall–Kier alpha value is -3.17. The monoisotopic (exact) mass is 366 g/mol. The van der Waals surface area contributed by atoms with Crippen LogP contribution in [-0.2, 0) is 31.2 Å². The molecule has 0 heterocycles. The maximum absolute atomic E-state index is 12.8.